The second-order valence-electron chi connectivity index (χ2n) is 9.40. The van der Waals surface area contributed by atoms with Crippen molar-refractivity contribution >= 4 is 26.6 Å². The third kappa shape index (κ3) is 4.47. The highest BCUT2D eigenvalue weighted by Gasteiger charge is 2.70. The largest absolute Gasteiger partial charge is 0.463 e. The van der Waals surface area contributed by atoms with Crippen molar-refractivity contribution in [3.05, 3.63) is 48.0 Å². The van der Waals surface area contributed by atoms with E-state index < -0.39 is 43.3 Å². The summed E-state index contributed by atoms with van der Waals surface area (Å²) >= 11 is 0. The van der Waals surface area contributed by atoms with E-state index in [2.05, 4.69) is 6.58 Å². The van der Waals surface area contributed by atoms with Crippen LogP contribution in [0.2, 0.25) is 18.1 Å². The zero-order chi connectivity index (χ0) is 23.6. The van der Waals surface area contributed by atoms with Gasteiger partial charge in [0.25, 0.3) is 0 Å². The normalized spacial score (nSPS) is 22.0. The first-order valence-corrected chi connectivity index (χ1v) is 13.7. The number of β-lactam (4-membered cyclic amide) rings is 1. The fourth-order valence-corrected chi connectivity index (χ4v) is 7.35. The number of rotatable bonds is 8. The van der Waals surface area contributed by atoms with E-state index in [-0.39, 0.29) is 24.7 Å². The average Bonchev–Trinajstić information content (AvgIpc) is 2.69. The topological polar surface area (TPSA) is 72.9 Å². The zero-order valence-electron chi connectivity index (χ0n) is 19.7. The van der Waals surface area contributed by atoms with Gasteiger partial charge in [-0.15, -0.1) is 0 Å². The molecule has 0 radical (unpaired) electrons. The summed E-state index contributed by atoms with van der Waals surface area (Å²) in [5.74, 6) is -1.78. The lowest BCUT2D eigenvalue weighted by molar-refractivity contribution is -0.174. The molecule has 6 nitrogen and oxygen atoms in total. The van der Waals surface area contributed by atoms with Crippen molar-refractivity contribution in [3.8, 4) is 0 Å². The minimum Gasteiger partial charge on any atom is -0.463 e. The van der Waals surface area contributed by atoms with Gasteiger partial charge in [-0.3, -0.25) is 9.59 Å². The number of esters is 2. The van der Waals surface area contributed by atoms with E-state index in [4.69, 9.17) is 9.47 Å². The molecule has 31 heavy (non-hydrogen) atoms. The average molecular weight is 446 g/mol. The van der Waals surface area contributed by atoms with Gasteiger partial charge < -0.3 is 14.4 Å². The molecule has 1 fully saturated rings. The molecule has 1 amide bonds. The Hall–Kier alpha value is -2.41. The van der Waals surface area contributed by atoms with Crippen LogP contribution in [0.5, 0.6) is 0 Å². The number of ether oxygens (including phenoxy) is 2. The van der Waals surface area contributed by atoms with Gasteiger partial charge in [0.2, 0.25) is 5.91 Å². The summed E-state index contributed by atoms with van der Waals surface area (Å²) in [7, 11) is -1.83. The van der Waals surface area contributed by atoms with Crippen LogP contribution in [0.4, 0.5) is 0 Å². The van der Waals surface area contributed by atoms with Crippen LogP contribution in [0.3, 0.4) is 0 Å². The molecule has 0 N–H and O–H groups in total. The van der Waals surface area contributed by atoms with E-state index in [0.717, 1.165) is 5.56 Å². The fourth-order valence-electron chi connectivity index (χ4n) is 4.60. The van der Waals surface area contributed by atoms with Crippen LogP contribution in [-0.2, 0) is 30.5 Å². The number of carbonyl (C=O) groups is 3. The predicted molar refractivity (Wildman–Crippen MR) is 123 cm³/mol. The highest BCUT2D eigenvalue weighted by Crippen LogP contribution is 2.59. The third-order valence-corrected chi connectivity index (χ3v) is 9.11. The summed E-state index contributed by atoms with van der Waals surface area (Å²) in [4.78, 5) is 41.0. The van der Waals surface area contributed by atoms with E-state index in [1.54, 1.807) is 18.7 Å². The maximum absolute atomic E-state index is 13.6. The summed E-state index contributed by atoms with van der Waals surface area (Å²) in [5, 5.41) is -0.995. The lowest BCUT2D eigenvalue weighted by Crippen LogP contribution is -2.76. The van der Waals surface area contributed by atoms with Crippen molar-refractivity contribution in [2.45, 2.75) is 70.9 Å². The second-order valence-corrected chi connectivity index (χ2v) is 12.7. The van der Waals surface area contributed by atoms with E-state index in [9.17, 15) is 14.4 Å². The monoisotopic (exact) mass is 445 g/mol. The van der Waals surface area contributed by atoms with Crippen LogP contribution in [0, 0.1) is 5.92 Å². The van der Waals surface area contributed by atoms with E-state index in [0.29, 0.717) is 0 Å². The van der Waals surface area contributed by atoms with E-state index in [1.165, 1.54) is 0 Å². The van der Waals surface area contributed by atoms with E-state index in [1.807, 2.05) is 64.2 Å². The molecule has 1 aromatic carbocycles. The Morgan fingerprint density at radius 3 is 2.26 bits per heavy atom. The van der Waals surface area contributed by atoms with Gasteiger partial charge in [-0.05, 0) is 33.3 Å². The Balaban J connectivity index is 2.41. The summed E-state index contributed by atoms with van der Waals surface area (Å²) in [6.07, 6.45) is 0. The standard InChI is InChI=1S/C24H35NO5Si/c1-9-29-20(26)16(2)19-24(31(7)8,22(28)25(19)23(4,5)6)17(3)21(27)30-15-18-13-11-10-12-14-18/h10-14,17,19,31H,2,9,15H2,1,3-8H3/t17?,19-,24-/m0/s1. The highest BCUT2D eigenvalue weighted by molar-refractivity contribution is 6.66. The second kappa shape index (κ2) is 9.38. The number of amides is 1. The molecule has 2 rings (SSSR count). The molecule has 1 aliphatic heterocycles. The number of hydrogen-bond acceptors (Lipinski definition) is 5. The molecule has 0 aromatic heterocycles. The van der Waals surface area contributed by atoms with Crippen molar-refractivity contribution in [1.82, 2.24) is 4.90 Å². The minimum atomic E-state index is -1.83. The Morgan fingerprint density at radius 2 is 1.77 bits per heavy atom. The predicted octanol–water partition coefficient (Wildman–Crippen LogP) is 3.72. The molecule has 170 valence electrons. The van der Waals surface area contributed by atoms with Gasteiger partial charge in [-0.1, -0.05) is 56.9 Å². The van der Waals surface area contributed by atoms with Gasteiger partial charge in [-0.25, -0.2) is 4.79 Å². The van der Waals surface area contributed by atoms with E-state index >= 15 is 0 Å². The molecule has 1 aliphatic rings. The smallest absolute Gasteiger partial charge is 0.335 e. The van der Waals surface area contributed by atoms with Crippen LogP contribution in [0.15, 0.2) is 42.5 Å². The van der Waals surface area contributed by atoms with Gasteiger partial charge >= 0.3 is 11.9 Å². The molecule has 0 aliphatic carbocycles. The molecule has 1 heterocycles. The molecule has 1 saturated heterocycles. The van der Waals surface area contributed by atoms with Crippen LogP contribution in [0.25, 0.3) is 0 Å². The zero-order valence-corrected chi connectivity index (χ0v) is 20.9. The Bertz CT molecular complexity index is 845. The summed E-state index contributed by atoms with van der Waals surface area (Å²) in [5.41, 5.74) is 0.570. The molecule has 0 bridgehead atoms. The van der Waals surface area contributed by atoms with Gasteiger partial charge in [0.1, 0.15) is 6.61 Å². The lowest BCUT2D eigenvalue weighted by atomic mass is 9.71. The number of carbonyl (C=O) groups excluding carboxylic acids is 3. The molecular weight excluding hydrogens is 410 g/mol. The SMILES string of the molecule is C=C(C(=O)OCC)[C@@H]1N(C(C)(C)C)C(=O)[C@@]1(C(C)C(=O)OCc1ccccc1)[SiH](C)C. The summed E-state index contributed by atoms with van der Waals surface area (Å²) in [6, 6.07) is 8.83. The maximum Gasteiger partial charge on any atom is 0.335 e. The molecule has 1 unspecified atom stereocenters. The van der Waals surface area contributed by atoms with Crippen molar-refractivity contribution < 1.29 is 23.9 Å². The number of likely N-dealkylation sites (tertiary alicyclic amines) is 1. The van der Waals surface area contributed by atoms with Crippen molar-refractivity contribution in [1.29, 1.82) is 0 Å². The van der Waals surface area contributed by atoms with Crippen LogP contribution >= 0.6 is 0 Å². The van der Waals surface area contributed by atoms with Crippen LogP contribution in [0.1, 0.15) is 40.2 Å². The molecule has 7 heteroatoms. The number of nitrogens with zero attached hydrogens (tertiary/aromatic N) is 1. The molecule has 0 saturated carbocycles. The maximum atomic E-state index is 13.6. The van der Waals surface area contributed by atoms with Gasteiger partial charge in [0, 0.05) is 5.54 Å². The Kier molecular flexibility index (Phi) is 7.52. The highest BCUT2D eigenvalue weighted by atomic mass is 28.3. The first kappa shape index (κ1) is 24.9. The van der Waals surface area contributed by atoms with Crippen molar-refractivity contribution in [2.75, 3.05) is 6.61 Å². The summed E-state index contributed by atoms with van der Waals surface area (Å²) in [6.45, 7) is 17.6. The van der Waals surface area contributed by atoms with Gasteiger partial charge in [-0.2, -0.15) is 0 Å². The fraction of sp³-hybridized carbons (Fsp3) is 0.542. The number of hydrogen-bond donors (Lipinski definition) is 0. The third-order valence-electron chi connectivity index (χ3n) is 6.14. The van der Waals surface area contributed by atoms with Crippen LogP contribution in [-0.4, -0.2) is 49.7 Å². The molecule has 1 aromatic rings. The van der Waals surface area contributed by atoms with Gasteiger partial charge in [0.05, 0.1) is 38.0 Å². The Morgan fingerprint density at radius 1 is 1.19 bits per heavy atom. The molecule has 3 atom stereocenters. The number of benzene rings is 1. The minimum absolute atomic E-state index is 0.110. The van der Waals surface area contributed by atoms with Crippen molar-refractivity contribution in [3.63, 3.8) is 0 Å². The molecular formula is C24H35NO5Si. The molecule has 0 spiro atoms. The first-order valence-electron chi connectivity index (χ1n) is 10.8. The Labute approximate surface area is 187 Å². The summed E-state index contributed by atoms with van der Waals surface area (Å²) < 4.78 is 10.8. The van der Waals surface area contributed by atoms with Gasteiger partial charge in [0.15, 0.2) is 0 Å². The van der Waals surface area contributed by atoms with Crippen LogP contribution < -0.4 is 0 Å². The van der Waals surface area contributed by atoms with Crippen molar-refractivity contribution in [2.24, 2.45) is 5.92 Å². The quantitative estimate of drug-likeness (QED) is 0.264. The lowest BCUT2D eigenvalue weighted by Gasteiger charge is -2.64. The first-order chi connectivity index (χ1) is 14.4.